The summed E-state index contributed by atoms with van der Waals surface area (Å²) in [5.74, 6) is 0.0592. The predicted molar refractivity (Wildman–Crippen MR) is 103 cm³/mol. The molecule has 1 saturated heterocycles. The van der Waals surface area contributed by atoms with Gasteiger partial charge in [-0.1, -0.05) is 0 Å². The highest BCUT2D eigenvalue weighted by Gasteiger charge is 2.49. The summed E-state index contributed by atoms with van der Waals surface area (Å²) in [4.78, 5) is 40.1. The van der Waals surface area contributed by atoms with Crippen LogP contribution in [-0.2, 0) is 14.3 Å². The van der Waals surface area contributed by atoms with Crippen molar-refractivity contribution in [2.24, 2.45) is 11.8 Å². The maximum absolute atomic E-state index is 12.6. The zero-order valence-corrected chi connectivity index (χ0v) is 16.3. The number of carbonyl (C=O) groups excluding carboxylic acids is 3. The average Bonchev–Trinajstić information content (AvgIpc) is 3.50. The van der Waals surface area contributed by atoms with Crippen LogP contribution >= 0.6 is 0 Å². The number of benzene rings is 1. The minimum atomic E-state index is -0.339. The van der Waals surface area contributed by atoms with Gasteiger partial charge in [-0.05, 0) is 44.5 Å². The van der Waals surface area contributed by atoms with Crippen LogP contribution < -0.4 is 10.1 Å². The Morgan fingerprint density at radius 1 is 0.964 bits per heavy atom. The molecule has 1 aromatic rings. The fraction of sp³-hybridized carbons (Fsp3) is 0.550. The van der Waals surface area contributed by atoms with Crippen LogP contribution in [0.5, 0.6) is 5.75 Å². The molecule has 1 heterocycles. The molecule has 1 saturated carbocycles. The third kappa shape index (κ3) is 4.74. The molecule has 28 heavy (non-hydrogen) atoms. The number of anilines is 1. The topological polar surface area (TPSA) is 88.2 Å². The number of carbonyl (C=O) groups is 3. The monoisotopic (exact) mass is 389 g/mol. The maximum Gasteiger partial charge on any atom is 0.409 e. The van der Waals surface area contributed by atoms with Crippen molar-refractivity contribution in [2.75, 3.05) is 44.7 Å². The molecule has 8 nitrogen and oxygen atoms in total. The molecule has 1 N–H and O–H groups in total. The highest BCUT2D eigenvalue weighted by Crippen LogP contribution is 2.41. The summed E-state index contributed by atoms with van der Waals surface area (Å²) in [6, 6.07) is 7.18. The molecule has 1 aromatic carbocycles. The van der Waals surface area contributed by atoms with E-state index in [1.807, 2.05) is 6.92 Å². The van der Waals surface area contributed by atoms with Crippen LogP contribution in [0.2, 0.25) is 0 Å². The zero-order valence-electron chi connectivity index (χ0n) is 16.3. The van der Waals surface area contributed by atoms with Crippen molar-refractivity contribution in [3.63, 3.8) is 0 Å². The normalized spacial score (nSPS) is 21.1. The molecule has 0 bridgehead atoms. The highest BCUT2D eigenvalue weighted by atomic mass is 16.6. The van der Waals surface area contributed by atoms with E-state index in [4.69, 9.17) is 9.47 Å². The third-order valence-corrected chi connectivity index (χ3v) is 4.99. The van der Waals surface area contributed by atoms with Crippen LogP contribution in [0.15, 0.2) is 24.3 Å². The van der Waals surface area contributed by atoms with E-state index in [-0.39, 0.29) is 29.7 Å². The quantitative estimate of drug-likeness (QED) is 0.804. The van der Waals surface area contributed by atoms with E-state index in [0.29, 0.717) is 51.5 Å². The molecule has 3 rings (SSSR count). The average molecular weight is 389 g/mol. The summed E-state index contributed by atoms with van der Waals surface area (Å²) < 4.78 is 10.4. The Morgan fingerprint density at radius 3 is 2.21 bits per heavy atom. The Labute approximate surface area is 164 Å². The lowest BCUT2D eigenvalue weighted by molar-refractivity contribution is -0.135. The van der Waals surface area contributed by atoms with Gasteiger partial charge in [0.15, 0.2) is 0 Å². The van der Waals surface area contributed by atoms with E-state index < -0.39 is 0 Å². The van der Waals surface area contributed by atoms with Crippen molar-refractivity contribution < 1.29 is 23.9 Å². The number of rotatable bonds is 6. The predicted octanol–water partition coefficient (Wildman–Crippen LogP) is 1.96. The van der Waals surface area contributed by atoms with Gasteiger partial charge in [-0.15, -0.1) is 0 Å². The number of amides is 3. The van der Waals surface area contributed by atoms with Gasteiger partial charge in [0.05, 0.1) is 25.0 Å². The minimum Gasteiger partial charge on any atom is -0.494 e. The molecule has 0 radical (unpaired) electrons. The lowest BCUT2D eigenvalue weighted by Crippen LogP contribution is -2.51. The Morgan fingerprint density at radius 2 is 1.61 bits per heavy atom. The lowest BCUT2D eigenvalue weighted by Gasteiger charge is -2.34. The van der Waals surface area contributed by atoms with Gasteiger partial charge in [0, 0.05) is 31.9 Å². The fourth-order valence-electron chi connectivity index (χ4n) is 3.35. The second-order valence-corrected chi connectivity index (χ2v) is 6.91. The van der Waals surface area contributed by atoms with Gasteiger partial charge in [0.2, 0.25) is 11.8 Å². The molecule has 1 aliphatic carbocycles. The molecule has 3 amide bonds. The van der Waals surface area contributed by atoms with E-state index >= 15 is 0 Å². The summed E-state index contributed by atoms with van der Waals surface area (Å²) in [7, 11) is 0. The van der Waals surface area contributed by atoms with Crippen molar-refractivity contribution in [2.45, 2.75) is 20.3 Å². The van der Waals surface area contributed by atoms with Crippen molar-refractivity contribution in [3.8, 4) is 5.75 Å². The minimum absolute atomic E-state index is 0.00430. The lowest BCUT2D eigenvalue weighted by atomic mass is 10.2. The SMILES string of the molecule is CCOC(=O)N1CCN(C(=O)C2CC2C(=O)Nc2ccc(OCC)cc2)CC1. The molecule has 2 atom stereocenters. The first-order valence-electron chi connectivity index (χ1n) is 9.77. The van der Waals surface area contributed by atoms with Gasteiger partial charge in [-0.2, -0.15) is 0 Å². The van der Waals surface area contributed by atoms with Gasteiger partial charge in [-0.25, -0.2) is 4.79 Å². The van der Waals surface area contributed by atoms with E-state index in [1.165, 1.54) is 0 Å². The second kappa shape index (κ2) is 8.95. The molecule has 2 fully saturated rings. The molecule has 0 spiro atoms. The smallest absolute Gasteiger partial charge is 0.409 e. The summed E-state index contributed by atoms with van der Waals surface area (Å²) in [5, 5.41) is 2.86. The van der Waals surface area contributed by atoms with Gasteiger partial charge in [-0.3, -0.25) is 9.59 Å². The highest BCUT2D eigenvalue weighted by molar-refractivity contribution is 5.99. The van der Waals surface area contributed by atoms with E-state index in [0.717, 1.165) is 5.75 Å². The summed E-state index contributed by atoms with van der Waals surface area (Å²) in [6.45, 7) is 6.47. The Balaban J connectivity index is 1.45. The maximum atomic E-state index is 12.6. The van der Waals surface area contributed by atoms with Crippen LogP contribution in [-0.4, -0.2) is 67.1 Å². The third-order valence-electron chi connectivity index (χ3n) is 4.99. The van der Waals surface area contributed by atoms with Gasteiger partial charge < -0.3 is 24.6 Å². The zero-order chi connectivity index (χ0) is 20.1. The van der Waals surface area contributed by atoms with Gasteiger partial charge >= 0.3 is 6.09 Å². The van der Waals surface area contributed by atoms with Crippen LogP contribution in [0.3, 0.4) is 0 Å². The molecular formula is C20H27N3O5. The standard InChI is InChI=1S/C20H27N3O5/c1-3-27-15-7-5-14(6-8-15)21-18(24)16-13-17(16)19(25)22-9-11-23(12-10-22)20(26)28-4-2/h5-8,16-17H,3-4,9-13H2,1-2H3,(H,21,24). The largest absolute Gasteiger partial charge is 0.494 e. The van der Waals surface area contributed by atoms with Crippen LogP contribution in [0.25, 0.3) is 0 Å². The van der Waals surface area contributed by atoms with E-state index in [1.54, 1.807) is 41.0 Å². The van der Waals surface area contributed by atoms with Crippen molar-refractivity contribution in [3.05, 3.63) is 24.3 Å². The Bertz CT molecular complexity index is 713. The molecule has 2 aliphatic rings. The van der Waals surface area contributed by atoms with Crippen molar-refractivity contribution >= 4 is 23.6 Å². The van der Waals surface area contributed by atoms with Gasteiger partial charge in [0.25, 0.3) is 0 Å². The summed E-state index contributed by atoms with van der Waals surface area (Å²) >= 11 is 0. The number of nitrogens with zero attached hydrogens (tertiary/aromatic N) is 2. The van der Waals surface area contributed by atoms with Crippen LogP contribution in [0, 0.1) is 11.8 Å². The molecule has 1 aliphatic heterocycles. The number of piperazine rings is 1. The fourth-order valence-corrected chi connectivity index (χ4v) is 3.35. The Hall–Kier alpha value is -2.77. The molecule has 8 heteroatoms. The number of nitrogens with one attached hydrogen (secondary N) is 1. The molecule has 0 aromatic heterocycles. The first-order chi connectivity index (χ1) is 13.5. The molecular weight excluding hydrogens is 362 g/mol. The Kier molecular flexibility index (Phi) is 6.38. The first kappa shape index (κ1) is 20.0. The van der Waals surface area contributed by atoms with Crippen LogP contribution in [0.1, 0.15) is 20.3 Å². The molecule has 2 unspecified atom stereocenters. The van der Waals surface area contributed by atoms with Crippen LogP contribution in [0.4, 0.5) is 10.5 Å². The summed E-state index contributed by atoms with van der Waals surface area (Å²) in [6.07, 6.45) is 0.230. The second-order valence-electron chi connectivity index (χ2n) is 6.91. The van der Waals surface area contributed by atoms with Crippen molar-refractivity contribution in [1.82, 2.24) is 9.80 Å². The molecule has 152 valence electrons. The number of hydrogen-bond acceptors (Lipinski definition) is 5. The summed E-state index contributed by atoms with van der Waals surface area (Å²) in [5.41, 5.74) is 0.689. The van der Waals surface area contributed by atoms with E-state index in [2.05, 4.69) is 5.32 Å². The van der Waals surface area contributed by atoms with Crippen molar-refractivity contribution in [1.29, 1.82) is 0 Å². The number of ether oxygens (including phenoxy) is 2. The van der Waals surface area contributed by atoms with Gasteiger partial charge in [0.1, 0.15) is 5.75 Å². The number of hydrogen-bond donors (Lipinski definition) is 1. The van der Waals surface area contributed by atoms with E-state index in [9.17, 15) is 14.4 Å². The first-order valence-corrected chi connectivity index (χ1v) is 9.77.